The Labute approximate surface area is 161 Å². The standard InChI is InChI=1S/C21H32N2O4/c1-21(2,3)27-20(26)23-17(13-15-7-5-4-6-8-15)19(25)14-18(24)16-9-11-22-12-10-16/h9-12,15,17,19,25H,4-8,13-14H2,1-3H3,(H,23,26)/t17-,19?/m0/s1. The Balaban J connectivity index is 2.02. The van der Waals surface area contributed by atoms with Gasteiger partial charge in [0.2, 0.25) is 0 Å². The fraction of sp³-hybridized carbons (Fsp3) is 0.667. The number of hydrogen-bond acceptors (Lipinski definition) is 5. The van der Waals surface area contributed by atoms with Crippen molar-refractivity contribution in [2.24, 2.45) is 5.92 Å². The molecule has 1 heterocycles. The van der Waals surface area contributed by atoms with Gasteiger partial charge in [-0.05, 0) is 45.2 Å². The Kier molecular flexibility index (Phi) is 7.78. The van der Waals surface area contributed by atoms with Crippen LogP contribution in [0, 0.1) is 5.92 Å². The number of rotatable bonds is 7. The van der Waals surface area contributed by atoms with Gasteiger partial charge in [-0.1, -0.05) is 32.1 Å². The molecule has 2 N–H and O–H groups in total. The van der Waals surface area contributed by atoms with Crippen LogP contribution in [0.5, 0.6) is 0 Å². The van der Waals surface area contributed by atoms with Crippen LogP contribution in [0.4, 0.5) is 4.79 Å². The van der Waals surface area contributed by atoms with Crippen molar-refractivity contribution >= 4 is 11.9 Å². The molecule has 1 unspecified atom stereocenters. The fourth-order valence-electron chi connectivity index (χ4n) is 3.54. The Morgan fingerprint density at radius 3 is 2.44 bits per heavy atom. The van der Waals surface area contributed by atoms with Gasteiger partial charge in [0.1, 0.15) is 5.60 Å². The van der Waals surface area contributed by atoms with Crippen molar-refractivity contribution in [2.45, 2.75) is 83.5 Å². The number of ether oxygens (including phenoxy) is 1. The van der Waals surface area contributed by atoms with Gasteiger partial charge in [-0.25, -0.2) is 4.79 Å². The van der Waals surface area contributed by atoms with Crippen LogP contribution in [-0.4, -0.2) is 39.7 Å². The lowest BCUT2D eigenvalue weighted by Crippen LogP contribution is -2.47. The number of alkyl carbamates (subject to hydrolysis) is 1. The Hall–Kier alpha value is -1.95. The van der Waals surface area contributed by atoms with E-state index in [9.17, 15) is 14.7 Å². The van der Waals surface area contributed by atoms with Crippen molar-refractivity contribution in [2.75, 3.05) is 0 Å². The molecule has 0 aliphatic heterocycles. The summed E-state index contributed by atoms with van der Waals surface area (Å²) in [5.74, 6) is 0.286. The molecule has 1 aliphatic rings. The Morgan fingerprint density at radius 1 is 1.22 bits per heavy atom. The number of carbonyl (C=O) groups is 2. The molecule has 1 amide bonds. The summed E-state index contributed by atoms with van der Waals surface area (Å²) in [6.07, 6.45) is 7.99. The minimum absolute atomic E-state index is 0.0444. The average Bonchev–Trinajstić information content (AvgIpc) is 2.61. The first-order chi connectivity index (χ1) is 12.7. The first-order valence-corrected chi connectivity index (χ1v) is 9.85. The van der Waals surface area contributed by atoms with Crippen molar-refractivity contribution in [3.63, 3.8) is 0 Å². The zero-order chi connectivity index (χ0) is 19.9. The normalized spacial score (nSPS) is 17.8. The van der Waals surface area contributed by atoms with Crippen molar-refractivity contribution in [3.8, 4) is 0 Å². The fourth-order valence-corrected chi connectivity index (χ4v) is 3.54. The predicted octanol–water partition coefficient (Wildman–Crippen LogP) is 3.88. The first kappa shape index (κ1) is 21.4. The predicted molar refractivity (Wildman–Crippen MR) is 104 cm³/mol. The first-order valence-electron chi connectivity index (χ1n) is 9.85. The maximum atomic E-state index is 12.4. The smallest absolute Gasteiger partial charge is 0.407 e. The molecule has 2 rings (SSSR count). The highest BCUT2D eigenvalue weighted by Gasteiger charge is 2.29. The molecular weight excluding hydrogens is 344 g/mol. The number of nitrogens with zero attached hydrogens (tertiary/aromatic N) is 1. The van der Waals surface area contributed by atoms with E-state index in [1.807, 2.05) is 0 Å². The summed E-state index contributed by atoms with van der Waals surface area (Å²) in [6.45, 7) is 5.39. The number of ketones is 1. The number of aliphatic hydroxyl groups excluding tert-OH is 1. The van der Waals surface area contributed by atoms with Crippen molar-refractivity contribution in [3.05, 3.63) is 30.1 Å². The summed E-state index contributed by atoms with van der Waals surface area (Å²) < 4.78 is 5.34. The second-order valence-corrected chi connectivity index (χ2v) is 8.42. The summed E-state index contributed by atoms with van der Waals surface area (Å²) in [5.41, 5.74) is -0.102. The van der Waals surface area contributed by atoms with Crippen LogP contribution in [0.25, 0.3) is 0 Å². The lowest BCUT2D eigenvalue weighted by molar-refractivity contribution is 0.0373. The number of Topliss-reactive ketones (excluding diaryl/α,β-unsaturated/α-hetero) is 1. The summed E-state index contributed by atoms with van der Waals surface area (Å²) in [4.78, 5) is 28.6. The second-order valence-electron chi connectivity index (χ2n) is 8.42. The minimum Gasteiger partial charge on any atom is -0.444 e. The van der Waals surface area contributed by atoms with E-state index in [1.165, 1.54) is 19.3 Å². The van der Waals surface area contributed by atoms with Gasteiger partial charge in [0.25, 0.3) is 0 Å². The van der Waals surface area contributed by atoms with Crippen molar-refractivity contribution in [1.29, 1.82) is 0 Å². The van der Waals surface area contributed by atoms with Gasteiger partial charge >= 0.3 is 6.09 Å². The van der Waals surface area contributed by atoms with Crippen LogP contribution >= 0.6 is 0 Å². The van der Waals surface area contributed by atoms with E-state index in [-0.39, 0.29) is 12.2 Å². The highest BCUT2D eigenvalue weighted by Crippen LogP contribution is 2.28. The highest BCUT2D eigenvalue weighted by atomic mass is 16.6. The lowest BCUT2D eigenvalue weighted by Gasteiger charge is -2.31. The molecular formula is C21H32N2O4. The van der Waals surface area contributed by atoms with E-state index in [0.717, 1.165) is 12.8 Å². The largest absolute Gasteiger partial charge is 0.444 e. The Bertz CT molecular complexity index is 606. The number of amides is 1. The molecule has 0 spiro atoms. The van der Waals surface area contributed by atoms with E-state index in [1.54, 1.807) is 45.3 Å². The number of aromatic nitrogens is 1. The topological polar surface area (TPSA) is 88.5 Å². The zero-order valence-electron chi connectivity index (χ0n) is 16.6. The minimum atomic E-state index is -0.958. The van der Waals surface area contributed by atoms with E-state index < -0.39 is 23.8 Å². The van der Waals surface area contributed by atoms with Gasteiger partial charge in [0, 0.05) is 24.4 Å². The monoisotopic (exact) mass is 376 g/mol. The van der Waals surface area contributed by atoms with Crippen LogP contribution in [0.1, 0.15) is 76.1 Å². The van der Waals surface area contributed by atoms with E-state index in [2.05, 4.69) is 10.3 Å². The van der Waals surface area contributed by atoms with Crippen LogP contribution < -0.4 is 5.32 Å². The molecule has 1 aromatic rings. The third kappa shape index (κ3) is 7.67. The average molecular weight is 376 g/mol. The summed E-state index contributed by atoms with van der Waals surface area (Å²) >= 11 is 0. The number of pyridine rings is 1. The molecule has 1 fully saturated rings. The van der Waals surface area contributed by atoms with Gasteiger partial charge in [-0.2, -0.15) is 0 Å². The molecule has 2 atom stereocenters. The number of aliphatic hydroxyl groups is 1. The lowest BCUT2D eigenvalue weighted by atomic mass is 9.83. The molecule has 6 nitrogen and oxygen atoms in total. The van der Waals surface area contributed by atoms with Crippen molar-refractivity contribution in [1.82, 2.24) is 10.3 Å². The van der Waals surface area contributed by atoms with Crippen LogP contribution in [0.15, 0.2) is 24.5 Å². The maximum Gasteiger partial charge on any atom is 0.407 e. The summed E-state index contributed by atoms with van der Waals surface area (Å²) in [5, 5.41) is 13.5. The van der Waals surface area contributed by atoms with Gasteiger partial charge in [-0.3, -0.25) is 9.78 Å². The van der Waals surface area contributed by atoms with Crippen molar-refractivity contribution < 1.29 is 19.4 Å². The molecule has 27 heavy (non-hydrogen) atoms. The summed E-state index contributed by atoms with van der Waals surface area (Å²) in [6, 6.07) is 2.76. The van der Waals surface area contributed by atoms with Crippen LogP contribution in [0.3, 0.4) is 0 Å². The molecule has 0 bridgehead atoms. The molecule has 0 aromatic carbocycles. The van der Waals surface area contributed by atoms with E-state index in [0.29, 0.717) is 17.9 Å². The highest BCUT2D eigenvalue weighted by molar-refractivity contribution is 5.96. The molecule has 0 saturated heterocycles. The third-order valence-electron chi connectivity index (χ3n) is 4.88. The molecule has 1 aromatic heterocycles. The molecule has 1 saturated carbocycles. The molecule has 1 aliphatic carbocycles. The number of nitrogens with one attached hydrogen (secondary N) is 1. The van der Waals surface area contributed by atoms with Crippen LogP contribution in [0.2, 0.25) is 0 Å². The summed E-state index contributed by atoms with van der Waals surface area (Å²) in [7, 11) is 0. The van der Waals surface area contributed by atoms with Gasteiger partial charge in [0.05, 0.1) is 12.1 Å². The Morgan fingerprint density at radius 2 is 1.85 bits per heavy atom. The third-order valence-corrected chi connectivity index (χ3v) is 4.88. The van der Waals surface area contributed by atoms with E-state index >= 15 is 0 Å². The van der Waals surface area contributed by atoms with Gasteiger partial charge in [-0.15, -0.1) is 0 Å². The number of carbonyl (C=O) groups excluding carboxylic acids is 2. The maximum absolute atomic E-state index is 12.4. The van der Waals surface area contributed by atoms with E-state index in [4.69, 9.17) is 4.74 Å². The number of hydrogen-bond donors (Lipinski definition) is 2. The SMILES string of the molecule is CC(C)(C)OC(=O)N[C@@H](CC1CCCCC1)C(O)CC(=O)c1ccncc1. The quantitative estimate of drug-likeness (QED) is 0.705. The van der Waals surface area contributed by atoms with Gasteiger partial charge in [0.15, 0.2) is 5.78 Å². The molecule has 6 heteroatoms. The van der Waals surface area contributed by atoms with Gasteiger partial charge < -0.3 is 15.2 Å². The molecule has 0 radical (unpaired) electrons. The second kappa shape index (κ2) is 9.83. The zero-order valence-corrected chi connectivity index (χ0v) is 16.6. The molecule has 150 valence electrons. The van der Waals surface area contributed by atoms with Crippen LogP contribution in [-0.2, 0) is 4.74 Å².